The zero-order valence-electron chi connectivity index (χ0n) is 12.7. The number of aliphatic hydroxyl groups excluding tert-OH is 1. The summed E-state index contributed by atoms with van der Waals surface area (Å²) in [7, 11) is 0. The molecule has 1 aliphatic carbocycles. The van der Waals surface area contributed by atoms with Crippen LogP contribution in [-0.2, 0) is 0 Å². The number of amides is 2. The fourth-order valence-corrected chi connectivity index (χ4v) is 2.29. The van der Waals surface area contributed by atoms with Gasteiger partial charge < -0.3 is 20.5 Å². The molecule has 0 unspecified atom stereocenters. The molecule has 2 amide bonds. The average Bonchev–Trinajstić information content (AvgIpc) is 2.89. The number of hydrogen-bond donors (Lipinski definition) is 3. The molecular weight excluding hydrogens is 287 g/mol. The molecule has 1 aromatic carbocycles. The number of benzene rings is 1. The number of carbonyl (C=O) groups is 1. The van der Waals surface area contributed by atoms with Gasteiger partial charge in [0.05, 0.1) is 11.8 Å². The molecule has 0 saturated heterocycles. The van der Waals surface area contributed by atoms with Crippen molar-refractivity contribution in [3.63, 3.8) is 0 Å². The van der Waals surface area contributed by atoms with Crippen LogP contribution in [0.4, 0.5) is 14.9 Å². The van der Waals surface area contributed by atoms with Crippen molar-refractivity contribution in [3.8, 4) is 5.75 Å². The Kier molecular flexibility index (Phi) is 5.38. The van der Waals surface area contributed by atoms with E-state index in [0.29, 0.717) is 12.2 Å². The molecule has 5 nitrogen and oxygen atoms in total. The molecule has 3 N–H and O–H groups in total. The quantitative estimate of drug-likeness (QED) is 0.732. The Labute approximate surface area is 129 Å². The molecule has 6 heteroatoms. The maximum absolute atomic E-state index is 13.9. The SMILES string of the molecule is CC(C)Oc1ccc(NC(=O)N[C@@H]2C=C[C@H](CO)C2)c(F)c1. The molecule has 2 atom stereocenters. The summed E-state index contributed by atoms with van der Waals surface area (Å²) in [6.07, 6.45) is 4.29. The molecule has 1 aliphatic rings. The number of urea groups is 1. The van der Waals surface area contributed by atoms with Crippen LogP contribution in [0.3, 0.4) is 0 Å². The average molecular weight is 308 g/mol. The predicted octanol–water partition coefficient (Wildman–Crippen LogP) is 2.67. The van der Waals surface area contributed by atoms with Crippen LogP contribution in [0.2, 0.25) is 0 Å². The third kappa shape index (κ3) is 4.46. The van der Waals surface area contributed by atoms with Crippen LogP contribution in [0, 0.1) is 11.7 Å². The van der Waals surface area contributed by atoms with Crippen LogP contribution < -0.4 is 15.4 Å². The van der Waals surface area contributed by atoms with E-state index in [1.807, 2.05) is 26.0 Å². The van der Waals surface area contributed by atoms with Crippen molar-refractivity contribution >= 4 is 11.7 Å². The monoisotopic (exact) mass is 308 g/mol. The van der Waals surface area contributed by atoms with Crippen LogP contribution in [-0.4, -0.2) is 29.9 Å². The summed E-state index contributed by atoms with van der Waals surface area (Å²) in [5.74, 6) is -0.0685. The van der Waals surface area contributed by atoms with E-state index in [-0.39, 0.29) is 30.4 Å². The van der Waals surface area contributed by atoms with Gasteiger partial charge in [0, 0.05) is 24.6 Å². The van der Waals surface area contributed by atoms with E-state index >= 15 is 0 Å². The molecule has 2 rings (SSSR count). The minimum absolute atomic E-state index is 0.0462. The number of anilines is 1. The standard InChI is InChI=1S/C16H21FN2O3/c1-10(2)22-13-5-6-15(14(17)8-13)19-16(21)18-12-4-3-11(7-12)9-20/h3-6,8,10-12,20H,7,9H2,1-2H3,(H2,18,19,21)/t11-,12+/m0/s1. The van der Waals surface area contributed by atoms with Gasteiger partial charge in [-0.25, -0.2) is 9.18 Å². The summed E-state index contributed by atoms with van der Waals surface area (Å²) in [6.45, 7) is 3.76. The van der Waals surface area contributed by atoms with Gasteiger partial charge in [0.25, 0.3) is 0 Å². The predicted molar refractivity (Wildman–Crippen MR) is 82.4 cm³/mol. The van der Waals surface area contributed by atoms with Gasteiger partial charge in [0.15, 0.2) is 0 Å². The van der Waals surface area contributed by atoms with Crippen molar-refractivity contribution in [2.45, 2.75) is 32.4 Å². The van der Waals surface area contributed by atoms with Gasteiger partial charge in [-0.05, 0) is 32.4 Å². The lowest BCUT2D eigenvalue weighted by atomic mass is 10.1. The summed E-state index contributed by atoms with van der Waals surface area (Å²) in [6, 6.07) is 3.68. The van der Waals surface area contributed by atoms with Crippen molar-refractivity contribution in [2.75, 3.05) is 11.9 Å². The second-order valence-corrected chi connectivity index (χ2v) is 5.58. The third-order valence-electron chi connectivity index (χ3n) is 3.28. The number of halogens is 1. The second-order valence-electron chi connectivity index (χ2n) is 5.58. The first-order valence-corrected chi connectivity index (χ1v) is 7.31. The molecular formula is C16H21FN2O3. The van der Waals surface area contributed by atoms with E-state index in [0.717, 1.165) is 0 Å². The molecule has 0 heterocycles. The molecule has 0 aromatic heterocycles. The number of aliphatic hydroxyl groups is 1. The molecule has 0 aliphatic heterocycles. The summed E-state index contributed by atoms with van der Waals surface area (Å²) in [5, 5.41) is 14.2. The highest BCUT2D eigenvalue weighted by Gasteiger charge is 2.20. The van der Waals surface area contributed by atoms with Gasteiger partial charge in [-0.3, -0.25) is 0 Å². The van der Waals surface area contributed by atoms with Crippen LogP contribution >= 0.6 is 0 Å². The highest BCUT2D eigenvalue weighted by molar-refractivity contribution is 5.89. The smallest absolute Gasteiger partial charge is 0.319 e. The van der Waals surface area contributed by atoms with Crippen LogP contribution in [0.1, 0.15) is 20.3 Å². The first kappa shape index (κ1) is 16.3. The Hall–Kier alpha value is -2.08. The highest BCUT2D eigenvalue weighted by atomic mass is 19.1. The van der Waals surface area contributed by atoms with Crippen molar-refractivity contribution in [2.24, 2.45) is 5.92 Å². The Balaban J connectivity index is 1.90. The van der Waals surface area contributed by atoms with Gasteiger partial charge in [0.1, 0.15) is 11.6 Å². The van der Waals surface area contributed by atoms with Gasteiger partial charge in [-0.15, -0.1) is 0 Å². The molecule has 120 valence electrons. The van der Waals surface area contributed by atoms with Gasteiger partial charge in [0.2, 0.25) is 0 Å². The number of hydrogen-bond acceptors (Lipinski definition) is 3. The Morgan fingerprint density at radius 2 is 2.23 bits per heavy atom. The van der Waals surface area contributed by atoms with Gasteiger partial charge in [-0.2, -0.15) is 0 Å². The number of nitrogens with one attached hydrogen (secondary N) is 2. The zero-order valence-corrected chi connectivity index (χ0v) is 12.7. The van der Waals surface area contributed by atoms with E-state index in [9.17, 15) is 9.18 Å². The third-order valence-corrected chi connectivity index (χ3v) is 3.28. The van der Waals surface area contributed by atoms with Crippen LogP contribution in [0.15, 0.2) is 30.4 Å². The molecule has 22 heavy (non-hydrogen) atoms. The first-order chi connectivity index (χ1) is 10.5. The molecule has 0 radical (unpaired) electrons. The number of ether oxygens (including phenoxy) is 1. The fourth-order valence-electron chi connectivity index (χ4n) is 2.29. The lowest BCUT2D eigenvalue weighted by Gasteiger charge is -2.15. The van der Waals surface area contributed by atoms with Crippen molar-refractivity contribution in [1.29, 1.82) is 0 Å². The first-order valence-electron chi connectivity index (χ1n) is 7.31. The normalized spacial score (nSPS) is 20.2. The summed E-state index contributed by atoms with van der Waals surface area (Å²) >= 11 is 0. The van der Waals surface area contributed by atoms with E-state index in [1.54, 1.807) is 6.07 Å². The molecule has 0 fully saturated rings. The summed E-state index contributed by atoms with van der Waals surface area (Å²) in [5.41, 5.74) is 0.0919. The van der Waals surface area contributed by atoms with E-state index in [4.69, 9.17) is 9.84 Å². The number of rotatable bonds is 5. The molecule has 0 spiro atoms. The van der Waals surface area contributed by atoms with Crippen LogP contribution in [0.5, 0.6) is 5.75 Å². The van der Waals surface area contributed by atoms with Crippen molar-refractivity contribution in [1.82, 2.24) is 5.32 Å². The Bertz CT molecular complexity index is 560. The van der Waals surface area contributed by atoms with E-state index < -0.39 is 11.8 Å². The van der Waals surface area contributed by atoms with Crippen molar-refractivity contribution < 1.29 is 19.0 Å². The lowest BCUT2D eigenvalue weighted by molar-refractivity contribution is 0.238. The second kappa shape index (κ2) is 7.26. The minimum atomic E-state index is -0.552. The van der Waals surface area contributed by atoms with E-state index in [2.05, 4.69) is 10.6 Å². The summed E-state index contributed by atoms with van der Waals surface area (Å²) in [4.78, 5) is 11.9. The van der Waals surface area contributed by atoms with E-state index in [1.165, 1.54) is 12.1 Å². The van der Waals surface area contributed by atoms with Crippen LogP contribution in [0.25, 0.3) is 0 Å². The topological polar surface area (TPSA) is 70.6 Å². The van der Waals surface area contributed by atoms with Crippen molar-refractivity contribution in [3.05, 3.63) is 36.2 Å². The van der Waals surface area contributed by atoms with Gasteiger partial charge >= 0.3 is 6.03 Å². The minimum Gasteiger partial charge on any atom is -0.491 e. The lowest BCUT2D eigenvalue weighted by Crippen LogP contribution is -2.36. The largest absolute Gasteiger partial charge is 0.491 e. The fraction of sp³-hybridized carbons (Fsp3) is 0.438. The maximum Gasteiger partial charge on any atom is 0.319 e. The molecule has 1 aromatic rings. The number of carbonyl (C=O) groups excluding carboxylic acids is 1. The Morgan fingerprint density at radius 3 is 2.82 bits per heavy atom. The highest BCUT2D eigenvalue weighted by Crippen LogP contribution is 2.22. The molecule has 0 saturated carbocycles. The Morgan fingerprint density at radius 1 is 1.45 bits per heavy atom. The zero-order chi connectivity index (χ0) is 16.1. The van der Waals surface area contributed by atoms with Gasteiger partial charge in [-0.1, -0.05) is 12.2 Å². The molecule has 0 bridgehead atoms. The maximum atomic E-state index is 13.9. The summed E-state index contributed by atoms with van der Waals surface area (Å²) < 4.78 is 19.3.